The summed E-state index contributed by atoms with van der Waals surface area (Å²) in [5.74, 6) is 2.13. The van der Waals surface area contributed by atoms with Crippen molar-refractivity contribution in [3.8, 4) is 0 Å². The SMILES string of the molecule is COC1=CCC2=NC3=C4C(N=CN3)NC(=O)C4CN3CC(CN(C)CCCCOC1C2)C3. The maximum atomic E-state index is 12.8. The summed E-state index contributed by atoms with van der Waals surface area (Å²) < 4.78 is 11.8. The fourth-order valence-electron chi connectivity index (χ4n) is 5.39. The van der Waals surface area contributed by atoms with Crippen molar-refractivity contribution in [2.45, 2.75) is 38.0 Å². The van der Waals surface area contributed by atoms with E-state index in [-0.39, 0.29) is 24.1 Å². The van der Waals surface area contributed by atoms with Gasteiger partial charge in [0.05, 0.1) is 19.4 Å². The second-order valence-electron chi connectivity index (χ2n) is 9.50. The zero-order valence-electron chi connectivity index (χ0n) is 19.0. The number of methoxy groups -OCH3 is 1. The highest BCUT2D eigenvalue weighted by Gasteiger charge is 2.43. The summed E-state index contributed by atoms with van der Waals surface area (Å²) in [5.41, 5.74) is 1.99. The predicted octanol–water partition coefficient (Wildman–Crippen LogP) is 0.709. The molecule has 5 heterocycles. The van der Waals surface area contributed by atoms with E-state index in [1.807, 2.05) is 0 Å². The van der Waals surface area contributed by atoms with E-state index in [2.05, 4.69) is 38.5 Å². The predicted molar refractivity (Wildman–Crippen MR) is 122 cm³/mol. The van der Waals surface area contributed by atoms with Gasteiger partial charge in [-0.1, -0.05) is 0 Å². The summed E-state index contributed by atoms with van der Waals surface area (Å²) in [5, 5.41) is 6.25. The molecule has 0 aromatic heterocycles. The average molecular weight is 443 g/mol. The van der Waals surface area contributed by atoms with Crippen molar-refractivity contribution in [1.82, 2.24) is 20.4 Å². The van der Waals surface area contributed by atoms with Crippen molar-refractivity contribution < 1.29 is 14.3 Å². The standard InChI is InChI=1S/C23H34N6O3/c1-28-7-3-4-8-32-19-9-16(5-6-18(19)31-2)26-21-20-17(13-29-11-15(10-28)12-29)23(30)27-22(20)25-14-24-21/h6,14-15,17,19,22H,3-5,7-13H2,1-2H3,(H,24,25)(H,27,30). The zero-order valence-corrected chi connectivity index (χ0v) is 19.0. The minimum atomic E-state index is -0.317. The number of rotatable bonds is 1. The summed E-state index contributed by atoms with van der Waals surface area (Å²) in [6.07, 6.45) is 6.84. The number of nitrogens with zero attached hydrogens (tertiary/aromatic N) is 4. The van der Waals surface area contributed by atoms with Crippen LogP contribution in [0, 0.1) is 11.8 Å². The number of carbonyl (C=O) groups is 1. The molecule has 174 valence electrons. The monoisotopic (exact) mass is 442 g/mol. The molecule has 5 aliphatic heterocycles. The van der Waals surface area contributed by atoms with Gasteiger partial charge < -0.3 is 29.9 Å². The number of fused-ring (bicyclic) bond motifs is 6. The third-order valence-corrected chi connectivity index (χ3v) is 7.04. The van der Waals surface area contributed by atoms with Crippen molar-refractivity contribution in [2.75, 3.05) is 53.5 Å². The molecule has 9 heteroatoms. The molecule has 0 saturated carbocycles. The molecular weight excluding hydrogens is 408 g/mol. The second-order valence-corrected chi connectivity index (χ2v) is 9.50. The molecule has 0 spiro atoms. The van der Waals surface area contributed by atoms with Crippen molar-refractivity contribution in [3.63, 3.8) is 0 Å². The van der Waals surface area contributed by atoms with Crippen LogP contribution in [0.1, 0.15) is 25.7 Å². The first-order chi connectivity index (χ1) is 15.6. The van der Waals surface area contributed by atoms with E-state index in [0.717, 1.165) is 68.4 Å². The van der Waals surface area contributed by atoms with Crippen LogP contribution >= 0.6 is 0 Å². The summed E-state index contributed by atoms with van der Waals surface area (Å²) in [6.45, 7) is 5.71. The lowest BCUT2D eigenvalue weighted by atomic mass is 9.93. The normalized spacial score (nSPS) is 35.9. The van der Waals surface area contributed by atoms with E-state index in [4.69, 9.17) is 14.5 Å². The summed E-state index contributed by atoms with van der Waals surface area (Å²) in [7, 11) is 3.91. The van der Waals surface area contributed by atoms with Crippen molar-refractivity contribution in [3.05, 3.63) is 23.2 Å². The molecule has 9 nitrogen and oxygen atoms in total. The number of ether oxygens (including phenoxy) is 2. The third kappa shape index (κ3) is 4.46. The molecule has 3 atom stereocenters. The maximum Gasteiger partial charge on any atom is 0.230 e. The van der Waals surface area contributed by atoms with E-state index >= 15 is 0 Å². The Bertz CT molecular complexity index is 860. The summed E-state index contributed by atoms with van der Waals surface area (Å²) in [4.78, 5) is 27.0. The Morgan fingerprint density at radius 1 is 1.22 bits per heavy atom. The molecule has 1 amide bonds. The van der Waals surface area contributed by atoms with Gasteiger partial charge in [0.1, 0.15) is 23.8 Å². The van der Waals surface area contributed by atoms with Gasteiger partial charge in [0.15, 0.2) is 0 Å². The molecule has 0 aromatic rings. The first-order valence-corrected chi connectivity index (χ1v) is 11.8. The van der Waals surface area contributed by atoms with E-state index < -0.39 is 0 Å². The quantitative estimate of drug-likeness (QED) is 0.622. The van der Waals surface area contributed by atoms with Crippen LogP contribution in [0.3, 0.4) is 0 Å². The number of allylic oxidation sites excluding steroid dienone is 1. The molecule has 6 aliphatic rings. The Morgan fingerprint density at radius 3 is 2.94 bits per heavy atom. The molecule has 4 bridgehead atoms. The second kappa shape index (κ2) is 9.33. The van der Waals surface area contributed by atoms with E-state index in [1.165, 1.54) is 0 Å². The van der Waals surface area contributed by atoms with Crippen LogP contribution < -0.4 is 10.6 Å². The topological polar surface area (TPSA) is 90.8 Å². The van der Waals surface area contributed by atoms with E-state index in [0.29, 0.717) is 25.4 Å². The molecule has 3 unspecified atom stereocenters. The zero-order chi connectivity index (χ0) is 22.1. The van der Waals surface area contributed by atoms with Crippen LogP contribution in [0.4, 0.5) is 0 Å². The Labute approximate surface area is 189 Å². The smallest absolute Gasteiger partial charge is 0.230 e. The fraction of sp³-hybridized carbons (Fsp3) is 0.696. The minimum Gasteiger partial charge on any atom is -0.499 e. The number of amides is 1. The molecule has 1 aliphatic carbocycles. The largest absolute Gasteiger partial charge is 0.499 e. The van der Waals surface area contributed by atoms with Gasteiger partial charge in [-0.05, 0) is 38.4 Å². The molecule has 0 aromatic carbocycles. The third-order valence-electron chi connectivity index (χ3n) is 7.04. The van der Waals surface area contributed by atoms with Gasteiger partial charge >= 0.3 is 0 Å². The summed E-state index contributed by atoms with van der Waals surface area (Å²) >= 11 is 0. The highest BCUT2D eigenvalue weighted by Crippen LogP contribution is 2.32. The molecule has 6 rings (SSSR count). The Morgan fingerprint density at radius 2 is 2.09 bits per heavy atom. The Balaban J connectivity index is 1.42. The van der Waals surface area contributed by atoms with Crippen LogP contribution in [0.2, 0.25) is 0 Å². The van der Waals surface area contributed by atoms with Gasteiger partial charge in [0.25, 0.3) is 0 Å². The highest BCUT2D eigenvalue weighted by atomic mass is 16.5. The number of nitrogens with one attached hydrogen (secondary N) is 2. The molecular formula is C23H34N6O3. The Kier molecular flexibility index (Phi) is 6.30. The number of hydrogen-bond donors (Lipinski definition) is 2. The van der Waals surface area contributed by atoms with Gasteiger partial charge in [-0.2, -0.15) is 0 Å². The van der Waals surface area contributed by atoms with Gasteiger partial charge in [0.2, 0.25) is 5.91 Å². The lowest BCUT2D eigenvalue weighted by molar-refractivity contribution is -0.123. The van der Waals surface area contributed by atoms with Crippen molar-refractivity contribution in [2.24, 2.45) is 21.8 Å². The van der Waals surface area contributed by atoms with E-state index in [1.54, 1.807) is 13.4 Å². The number of hydrogen-bond acceptors (Lipinski definition) is 8. The van der Waals surface area contributed by atoms with Crippen LogP contribution in [-0.2, 0) is 14.3 Å². The van der Waals surface area contributed by atoms with Gasteiger partial charge in [-0.3, -0.25) is 4.79 Å². The van der Waals surface area contributed by atoms with Gasteiger partial charge in [0, 0.05) is 56.9 Å². The molecule has 0 radical (unpaired) electrons. The lowest BCUT2D eigenvalue weighted by Gasteiger charge is -2.42. The van der Waals surface area contributed by atoms with Crippen LogP contribution in [-0.4, -0.2) is 93.5 Å². The molecule has 2 N–H and O–H groups in total. The van der Waals surface area contributed by atoms with Gasteiger partial charge in [-0.15, -0.1) is 0 Å². The lowest BCUT2D eigenvalue weighted by Crippen LogP contribution is -2.53. The van der Waals surface area contributed by atoms with Crippen LogP contribution in [0.25, 0.3) is 0 Å². The maximum absolute atomic E-state index is 12.8. The minimum absolute atomic E-state index is 0.0462. The van der Waals surface area contributed by atoms with Gasteiger partial charge in [-0.25, -0.2) is 9.98 Å². The van der Waals surface area contributed by atoms with E-state index in [9.17, 15) is 4.79 Å². The molecule has 32 heavy (non-hydrogen) atoms. The number of aliphatic imine (C=N–C) groups is 2. The highest BCUT2D eigenvalue weighted by molar-refractivity contribution is 5.91. The molecule has 2 saturated heterocycles. The van der Waals surface area contributed by atoms with Crippen LogP contribution in [0.5, 0.6) is 0 Å². The van der Waals surface area contributed by atoms with Crippen molar-refractivity contribution >= 4 is 18.0 Å². The summed E-state index contributed by atoms with van der Waals surface area (Å²) in [6, 6.07) is 0. The molecule has 2 fully saturated rings. The average Bonchev–Trinajstić information content (AvgIpc) is 3.07. The van der Waals surface area contributed by atoms with Crippen molar-refractivity contribution in [1.29, 1.82) is 0 Å². The first-order valence-electron chi connectivity index (χ1n) is 11.8. The van der Waals surface area contributed by atoms with Crippen LogP contribution in [0.15, 0.2) is 33.2 Å². The fourth-order valence-corrected chi connectivity index (χ4v) is 5.39. The Hall–Kier alpha value is -2.23. The first kappa shape index (κ1) is 21.6. The number of carbonyl (C=O) groups excluding carboxylic acids is 1.